The van der Waals surface area contributed by atoms with E-state index in [9.17, 15) is 9.90 Å². The minimum atomic E-state index is -0.103. The first-order chi connectivity index (χ1) is 14.0. The second-order valence-electron chi connectivity index (χ2n) is 7.10. The molecule has 8 nitrogen and oxygen atoms in total. The van der Waals surface area contributed by atoms with Crippen molar-refractivity contribution in [2.24, 2.45) is 0 Å². The lowest BCUT2D eigenvalue weighted by Gasteiger charge is -2.18. The van der Waals surface area contributed by atoms with Crippen molar-refractivity contribution in [3.8, 4) is 0 Å². The molecule has 3 aromatic rings. The molecule has 9 heteroatoms. The van der Waals surface area contributed by atoms with Crippen LogP contribution >= 0.6 is 11.8 Å². The fraction of sp³-hybridized carbons (Fsp3) is 0.400. The van der Waals surface area contributed by atoms with Crippen LogP contribution in [0.4, 0.5) is 11.4 Å². The van der Waals surface area contributed by atoms with E-state index in [0.29, 0.717) is 17.5 Å². The molecule has 0 saturated carbocycles. The van der Waals surface area contributed by atoms with Gasteiger partial charge in [0.15, 0.2) is 0 Å². The van der Waals surface area contributed by atoms with Crippen molar-refractivity contribution in [2.75, 3.05) is 36.2 Å². The predicted octanol–water partition coefficient (Wildman–Crippen LogP) is 2.00. The number of benzene rings is 1. The van der Waals surface area contributed by atoms with E-state index in [0.717, 1.165) is 41.3 Å². The summed E-state index contributed by atoms with van der Waals surface area (Å²) in [6.07, 6.45) is 3.10. The summed E-state index contributed by atoms with van der Waals surface area (Å²) in [5, 5.41) is 17.3. The van der Waals surface area contributed by atoms with Crippen molar-refractivity contribution in [2.45, 2.75) is 31.8 Å². The van der Waals surface area contributed by atoms with Gasteiger partial charge in [-0.05, 0) is 44.2 Å². The summed E-state index contributed by atoms with van der Waals surface area (Å²) in [7, 11) is 0. The van der Waals surface area contributed by atoms with E-state index >= 15 is 0 Å². The molecule has 0 atom stereocenters. The van der Waals surface area contributed by atoms with Gasteiger partial charge < -0.3 is 15.3 Å². The number of hydrogen-bond donors (Lipinski definition) is 2. The Balaban J connectivity index is 1.54. The number of rotatable bonds is 6. The van der Waals surface area contributed by atoms with Gasteiger partial charge in [-0.25, -0.2) is 9.50 Å². The van der Waals surface area contributed by atoms with E-state index in [1.165, 1.54) is 17.3 Å². The molecule has 1 aromatic carbocycles. The number of nitrogens with zero attached hydrogens (tertiary/aromatic N) is 5. The summed E-state index contributed by atoms with van der Waals surface area (Å²) in [6.45, 7) is 5.44. The van der Waals surface area contributed by atoms with Gasteiger partial charge in [0.2, 0.25) is 11.1 Å². The number of amides is 1. The van der Waals surface area contributed by atoms with Crippen LogP contribution in [0.25, 0.3) is 5.78 Å². The standard InChI is InChI=1S/C20H24N6O2S/c1-12-16(13(2)26-19(21-12)23-20(24-26)29-3)11-18(28)22-15-5-4-14-6-7-25(8-9-27)17(14)10-15/h4-5,10,27H,6-9,11H2,1-3H3,(H,22,28). The Labute approximate surface area is 173 Å². The van der Waals surface area contributed by atoms with Gasteiger partial charge in [-0.2, -0.15) is 4.98 Å². The zero-order valence-corrected chi connectivity index (χ0v) is 17.6. The molecule has 2 aromatic heterocycles. The SMILES string of the molecule is CSc1nc2nc(C)c(CC(=O)Nc3ccc4c(c3)N(CCO)CC4)c(C)n2n1. The van der Waals surface area contributed by atoms with Crippen molar-refractivity contribution in [1.29, 1.82) is 0 Å². The first-order valence-electron chi connectivity index (χ1n) is 9.55. The molecule has 0 spiro atoms. The van der Waals surface area contributed by atoms with Gasteiger partial charge in [-0.15, -0.1) is 5.10 Å². The van der Waals surface area contributed by atoms with Crippen LogP contribution in [0.2, 0.25) is 0 Å². The van der Waals surface area contributed by atoms with Crippen molar-refractivity contribution < 1.29 is 9.90 Å². The zero-order chi connectivity index (χ0) is 20.5. The number of carbonyl (C=O) groups excluding carboxylic acids is 1. The maximum absolute atomic E-state index is 12.7. The molecular weight excluding hydrogens is 388 g/mol. The van der Waals surface area contributed by atoms with Crippen molar-refractivity contribution in [1.82, 2.24) is 19.6 Å². The van der Waals surface area contributed by atoms with Gasteiger partial charge in [-0.1, -0.05) is 17.8 Å². The van der Waals surface area contributed by atoms with E-state index in [4.69, 9.17) is 0 Å². The number of aliphatic hydroxyl groups excluding tert-OH is 1. The molecule has 1 aliphatic heterocycles. The lowest BCUT2D eigenvalue weighted by atomic mass is 10.1. The molecule has 4 rings (SSSR count). The van der Waals surface area contributed by atoms with E-state index in [-0.39, 0.29) is 18.9 Å². The first kappa shape index (κ1) is 19.7. The quantitative estimate of drug-likeness (QED) is 0.598. The average molecular weight is 413 g/mol. The largest absolute Gasteiger partial charge is 0.395 e. The lowest BCUT2D eigenvalue weighted by molar-refractivity contribution is -0.115. The number of hydrogen-bond acceptors (Lipinski definition) is 7. The Morgan fingerprint density at radius 2 is 2.14 bits per heavy atom. The summed E-state index contributed by atoms with van der Waals surface area (Å²) in [5.41, 5.74) is 5.60. The number of β-amino-alcohol motifs (C(OH)–C–C–N with tert-alkyl or cyclic N) is 1. The predicted molar refractivity (Wildman–Crippen MR) is 114 cm³/mol. The van der Waals surface area contributed by atoms with Crippen LogP contribution < -0.4 is 10.2 Å². The van der Waals surface area contributed by atoms with Gasteiger partial charge in [0, 0.05) is 41.4 Å². The molecule has 1 amide bonds. The molecule has 152 valence electrons. The van der Waals surface area contributed by atoms with Crippen molar-refractivity contribution in [3.63, 3.8) is 0 Å². The Kier molecular flexibility index (Phi) is 5.42. The molecular formula is C20H24N6O2S. The Morgan fingerprint density at radius 3 is 2.90 bits per heavy atom. The van der Waals surface area contributed by atoms with Crippen LogP contribution in [-0.2, 0) is 17.6 Å². The Hall–Kier alpha value is -2.65. The third kappa shape index (κ3) is 3.79. The monoisotopic (exact) mass is 412 g/mol. The van der Waals surface area contributed by atoms with E-state index in [1.807, 2.05) is 38.3 Å². The second-order valence-corrected chi connectivity index (χ2v) is 7.87. The molecule has 29 heavy (non-hydrogen) atoms. The van der Waals surface area contributed by atoms with Gasteiger partial charge in [0.1, 0.15) is 0 Å². The highest BCUT2D eigenvalue weighted by atomic mass is 32.2. The molecule has 0 bridgehead atoms. The minimum absolute atomic E-state index is 0.103. The topological polar surface area (TPSA) is 95.7 Å². The molecule has 0 fully saturated rings. The fourth-order valence-electron chi connectivity index (χ4n) is 3.77. The summed E-state index contributed by atoms with van der Waals surface area (Å²) >= 11 is 1.46. The number of aliphatic hydroxyl groups is 1. The highest BCUT2D eigenvalue weighted by molar-refractivity contribution is 7.98. The number of fused-ring (bicyclic) bond motifs is 2. The van der Waals surface area contributed by atoms with E-state index in [2.05, 4.69) is 25.3 Å². The highest BCUT2D eigenvalue weighted by Crippen LogP contribution is 2.30. The molecule has 1 aliphatic rings. The molecule has 0 saturated heterocycles. The van der Waals surface area contributed by atoms with Crippen molar-refractivity contribution >= 4 is 34.8 Å². The number of nitrogens with one attached hydrogen (secondary N) is 1. The summed E-state index contributed by atoms with van der Waals surface area (Å²) in [5.74, 6) is 0.449. The number of thioether (sulfide) groups is 1. The molecule has 0 radical (unpaired) electrons. The first-order valence-corrected chi connectivity index (χ1v) is 10.8. The minimum Gasteiger partial charge on any atom is -0.395 e. The van der Waals surface area contributed by atoms with Crippen LogP contribution in [0.5, 0.6) is 0 Å². The fourth-order valence-corrected chi connectivity index (χ4v) is 4.11. The third-order valence-corrected chi connectivity index (χ3v) is 5.82. The average Bonchev–Trinajstić information content (AvgIpc) is 3.29. The van der Waals surface area contributed by atoms with Crippen LogP contribution in [0.1, 0.15) is 22.5 Å². The zero-order valence-electron chi connectivity index (χ0n) is 16.8. The summed E-state index contributed by atoms with van der Waals surface area (Å²) < 4.78 is 1.70. The normalized spacial score (nSPS) is 13.2. The van der Waals surface area contributed by atoms with Gasteiger partial charge in [0.05, 0.1) is 13.0 Å². The number of carbonyl (C=O) groups is 1. The second kappa shape index (κ2) is 8.00. The van der Waals surface area contributed by atoms with Crippen LogP contribution in [0.3, 0.4) is 0 Å². The van der Waals surface area contributed by atoms with E-state index in [1.54, 1.807) is 4.52 Å². The van der Waals surface area contributed by atoms with Crippen LogP contribution in [0.15, 0.2) is 23.4 Å². The Bertz CT molecular complexity index is 1080. The Morgan fingerprint density at radius 1 is 1.31 bits per heavy atom. The number of aryl methyl sites for hydroxylation is 2. The molecule has 0 unspecified atom stereocenters. The van der Waals surface area contributed by atoms with Gasteiger partial charge >= 0.3 is 0 Å². The van der Waals surface area contributed by atoms with Crippen LogP contribution in [-0.4, -0.2) is 56.5 Å². The summed E-state index contributed by atoms with van der Waals surface area (Å²) in [4.78, 5) is 23.8. The smallest absolute Gasteiger partial charge is 0.253 e. The molecule has 3 heterocycles. The third-order valence-electron chi connectivity index (χ3n) is 5.28. The molecule has 0 aliphatic carbocycles. The number of anilines is 2. The molecule has 2 N–H and O–H groups in total. The summed E-state index contributed by atoms with van der Waals surface area (Å²) in [6, 6.07) is 5.97. The maximum Gasteiger partial charge on any atom is 0.253 e. The maximum atomic E-state index is 12.7. The van der Waals surface area contributed by atoms with Crippen LogP contribution in [0, 0.1) is 13.8 Å². The number of aromatic nitrogens is 4. The van der Waals surface area contributed by atoms with Gasteiger partial charge in [-0.3, -0.25) is 4.79 Å². The lowest BCUT2D eigenvalue weighted by Crippen LogP contribution is -2.24. The van der Waals surface area contributed by atoms with Crippen molar-refractivity contribution in [3.05, 3.63) is 40.7 Å². The van der Waals surface area contributed by atoms with E-state index < -0.39 is 0 Å². The highest BCUT2D eigenvalue weighted by Gasteiger charge is 2.20. The van der Waals surface area contributed by atoms with Gasteiger partial charge in [0.25, 0.3) is 5.78 Å².